The molecule has 15 heavy (non-hydrogen) atoms. The molecule has 0 aliphatic rings. The molecule has 0 saturated carbocycles. The molecule has 1 heterocycles. The average molecular weight is 248 g/mol. The zero-order valence-electron chi connectivity index (χ0n) is 8.75. The normalized spacial score (nSPS) is 12.2. The first-order chi connectivity index (χ1) is 7.19. The van der Waals surface area contributed by atoms with Gasteiger partial charge >= 0.3 is 0 Å². The van der Waals surface area contributed by atoms with Crippen LogP contribution in [0.4, 0.5) is 0 Å². The lowest BCUT2D eigenvalue weighted by molar-refractivity contribution is 0.0941. The van der Waals surface area contributed by atoms with Gasteiger partial charge in [0.25, 0.3) is 5.91 Å². The molecule has 1 N–H and O–H groups in total. The maximum atomic E-state index is 11.7. The van der Waals surface area contributed by atoms with Gasteiger partial charge in [-0.25, -0.2) is 0 Å². The van der Waals surface area contributed by atoms with E-state index in [4.69, 9.17) is 16.3 Å². The van der Waals surface area contributed by atoms with Crippen LogP contribution in [-0.4, -0.2) is 24.9 Å². The smallest absolute Gasteiger partial charge is 0.265 e. The summed E-state index contributed by atoms with van der Waals surface area (Å²) in [6.07, 6.45) is 0.765. The zero-order chi connectivity index (χ0) is 11.3. The Morgan fingerprint density at radius 2 is 2.47 bits per heavy atom. The highest BCUT2D eigenvalue weighted by Gasteiger charge is 2.15. The first-order valence-corrected chi connectivity index (χ1v) is 6.08. The number of ether oxygens (including phenoxy) is 1. The van der Waals surface area contributed by atoms with E-state index in [1.807, 2.05) is 12.3 Å². The standard InChI is InChI=1S/C10H14ClNO2S/c1-7(3-5-11)12-10(13)9-8(14-2)4-6-15-9/h4,6-7H,3,5H2,1-2H3,(H,12,13). The molecular weight excluding hydrogens is 234 g/mol. The highest BCUT2D eigenvalue weighted by molar-refractivity contribution is 7.12. The maximum absolute atomic E-state index is 11.7. The van der Waals surface area contributed by atoms with Crippen LogP contribution in [0.3, 0.4) is 0 Å². The van der Waals surface area contributed by atoms with Gasteiger partial charge in [-0.3, -0.25) is 4.79 Å². The Kier molecular flexibility index (Phi) is 4.91. The molecule has 0 aromatic carbocycles. The van der Waals surface area contributed by atoms with Gasteiger partial charge in [-0.1, -0.05) is 0 Å². The van der Waals surface area contributed by atoms with Gasteiger partial charge in [0.1, 0.15) is 10.6 Å². The number of methoxy groups -OCH3 is 1. The summed E-state index contributed by atoms with van der Waals surface area (Å²) in [6.45, 7) is 1.93. The van der Waals surface area contributed by atoms with Crippen LogP contribution in [0.25, 0.3) is 0 Å². The molecule has 0 bridgehead atoms. The van der Waals surface area contributed by atoms with Crippen LogP contribution in [0.1, 0.15) is 23.0 Å². The molecule has 1 amide bonds. The molecule has 0 saturated heterocycles. The minimum Gasteiger partial charge on any atom is -0.495 e. The molecule has 1 aromatic heterocycles. The fourth-order valence-corrected chi connectivity index (χ4v) is 2.24. The number of rotatable bonds is 5. The topological polar surface area (TPSA) is 38.3 Å². The SMILES string of the molecule is COc1ccsc1C(=O)NC(C)CCCl. The highest BCUT2D eigenvalue weighted by atomic mass is 35.5. The zero-order valence-corrected chi connectivity index (χ0v) is 10.3. The molecule has 0 aliphatic heterocycles. The van der Waals surface area contributed by atoms with Crippen LogP contribution in [-0.2, 0) is 0 Å². The van der Waals surface area contributed by atoms with Gasteiger partial charge in [-0.05, 0) is 24.8 Å². The second-order valence-corrected chi connectivity index (χ2v) is 4.46. The molecule has 3 nitrogen and oxygen atoms in total. The number of amides is 1. The van der Waals surface area contributed by atoms with E-state index in [1.54, 1.807) is 13.2 Å². The lowest BCUT2D eigenvalue weighted by Crippen LogP contribution is -2.32. The number of halogens is 1. The van der Waals surface area contributed by atoms with Crippen molar-refractivity contribution in [2.24, 2.45) is 0 Å². The van der Waals surface area contributed by atoms with Crippen LogP contribution in [0.2, 0.25) is 0 Å². The lowest BCUT2D eigenvalue weighted by atomic mass is 10.2. The maximum Gasteiger partial charge on any atom is 0.265 e. The van der Waals surface area contributed by atoms with Crippen LogP contribution in [0, 0.1) is 0 Å². The Balaban J connectivity index is 2.61. The van der Waals surface area contributed by atoms with Gasteiger partial charge in [0.05, 0.1) is 7.11 Å². The Bertz CT molecular complexity index is 327. The summed E-state index contributed by atoms with van der Waals surface area (Å²) in [5.41, 5.74) is 0. The van der Waals surface area contributed by atoms with Crippen molar-refractivity contribution >= 4 is 28.8 Å². The van der Waals surface area contributed by atoms with Crippen LogP contribution in [0.5, 0.6) is 5.75 Å². The molecule has 1 unspecified atom stereocenters. The number of nitrogens with one attached hydrogen (secondary N) is 1. The predicted octanol–water partition coefficient (Wildman–Crippen LogP) is 2.50. The Morgan fingerprint density at radius 3 is 3.07 bits per heavy atom. The summed E-state index contributed by atoms with van der Waals surface area (Å²) in [6, 6.07) is 1.87. The van der Waals surface area contributed by atoms with E-state index in [0.717, 1.165) is 6.42 Å². The Labute approximate surface area is 98.4 Å². The minimum absolute atomic E-state index is 0.0850. The van der Waals surface area contributed by atoms with Gasteiger partial charge < -0.3 is 10.1 Å². The third-order valence-electron chi connectivity index (χ3n) is 1.97. The van der Waals surface area contributed by atoms with Crippen LogP contribution in [0.15, 0.2) is 11.4 Å². The molecule has 84 valence electrons. The number of carbonyl (C=O) groups is 1. The Morgan fingerprint density at radius 1 is 1.73 bits per heavy atom. The van der Waals surface area contributed by atoms with Crippen molar-refractivity contribution in [2.75, 3.05) is 13.0 Å². The molecule has 1 rings (SSSR count). The number of hydrogen-bond acceptors (Lipinski definition) is 3. The second kappa shape index (κ2) is 5.98. The largest absolute Gasteiger partial charge is 0.495 e. The number of alkyl halides is 1. The van der Waals surface area contributed by atoms with E-state index in [1.165, 1.54) is 11.3 Å². The van der Waals surface area contributed by atoms with Gasteiger partial charge in [0, 0.05) is 11.9 Å². The number of hydrogen-bond donors (Lipinski definition) is 1. The highest BCUT2D eigenvalue weighted by Crippen LogP contribution is 2.24. The summed E-state index contributed by atoms with van der Waals surface area (Å²) in [4.78, 5) is 12.4. The second-order valence-electron chi connectivity index (χ2n) is 3.17. The third-order valence-corrected chi connectivity index (χ3v) is 3.09. The predicted molar refractivity (Wildman–Crippen MR) is 63.1 cm³/mol. The van der Waals surface area contributed by atoms with Gasteiger partial charge in [0.15, 0.2) is 0 Å². The number of carbonyl (C=O) groups excluding carboxylic acids is 1. The fourth-order valence-electron chi connectivity index (χ4n) is 1.15. The van der Waals surface area contributed by atoms with E-state index in [-0.39, 0.29) is 11.9 Å². The first-order valence-electron chi connectivity index (χ1n) is 4.67. The fraction of sp³-hybridized carbons (Fsp3) is 0.500. The molecule has 5 heteroatoms. The van der Waals surface area contributed by atoms with E-state index >= 15 is 0 Å². The van der Waals surface area contributed by atoms with Crippen molar-refractivity contribution in [1.82, 2.24) is 5.32 Å². The van der Waals surface area contributed by atoms with Crippen molar-refractivity contribution in [2.45, 2.75) is 19.4 Å². The minimum atomic E-state index is -0.0977. The van der Waals surface area contributed by atoms with E-state index in [2.05, 4.69) is 5.32 Å². The van der Waals surface area contributed by atoms with Gasteiger partial charge in [0.2, 0.25) is 0 Å². The monoisotopic (exact) mass is 247 g/mol. The molecule has 0 radical (unpaired) electrons. The van der Waals surface area contributed by atoms with Crippen molar-refractivity contribution in [3.05, 3.63) is 16.3 Å². The third kappa shape index (κ3) is 3.39. The quantitative estimate of drug-likeness (QED) is 0.812. The van der Waals surface area contributed by atoms with Crippen molar-refractivity contribution in [3.8, 4) is 5.75 Å². The summed E-state index contributed by atoms with van der Waals surface area (Å²) >= 11 is 6.96. The summed E-state index contributed by atoms with van der Waals surface area (Å²) in [5.74, 6) is 1.07. The van der Waals surface area contributed by atoms with Crippen molar-refractivity contribution < 1.29 is 9.53 Å². The molecule has 1 aromatic rings. The molecule has 0 aliphatic carbocycles. The summed E-state index contributed by atoms with van der Waals surface area (Å²) < 4.78 is 5.07. The Hall–Kier alpha value is -0.740. The van der Waals surface area contributed by atoms with E-state index < -0.39 is 0 Å². The summed E-state index contributed by atoms with van der Waals surface area (Å²) in [7, 11) is 1.56. The number of thiophene rings is 1. The molecule has 1 atom stereocenters. The van der Waals surface area contributed by atoms with Crippen LogP contribution < -0.4 is 10.1 Å². The first kappa shape index (κ1) is 12.3. The van der Waals surface area contributed by atoms with Gasteiger partial charge in [-0.15, -0.1) is 22.9 Å². The van der Waals surface area contributed by atoms with E-state index in [0.29, 0.717) is 16.5 Å². The molecular formula is C10H14ClNO2S. The summed E-state index contributed by atoms with van der Waals surface area (Å²) in [5, 5.41) is 4.70. The van der Waals surface area contributed by atoms with Crippen molar-refractivity contribution in [1.29, 1.82) is 0 Å². The van der Waals surface area contributed by atoms with Crippen molar-refractivity contribution in [3.63, 3.8) is 0 Å². The molecule has 0 spiro atoms. The van der Waals surface area contributed by atoms with Crippen LogP contribution >= 0.6 is 22.9 Å². The molecule has 0 fully saturated rings. The van der Waals surface area contributed by atoms with E-state index in [9.17, 15) is 4.79 Å². The van der Waals surface area contributed by atoms with Gasteiger partial charge in [-0.2, -0.15) is 0 Å². The lowest BCUT2D eigenvalue weighted by Gasteiger charge is -2.11. The average Bonchev–Trinajstić information content (AvgIpc) is 2.65.